The minimum absolute atomic E-state index is 0.0220. The van der Waals surface area contributed by atoms with Crippen molar-refractivity contribution in [2.45, 2.75) is 32.7 Å². The summed E-state index contributed by atoms with van der Waals surface area (Å²) in [5.41, 5.74) is 3.08. The molecule has 0 saturated heterocycles. The van der Waals surface area contributed by atoms with Gasteiger partial charge < -0.3 is 21.1 Å². The maximum atomic E-state index is 12.2. The van der Waals surface area contributed by atoms with Gasteiger partial charge in [0.15, 0.2) is 0 Å². The van der Waals surface area contributed by atoms with Gasteiger partial charge >= 0.3 is 6.03 Å². The molecule has 4 N–H and O–H groups in total. The summed E-state index contributed by atoms with van der Waals surface area (Å²) in [5, 5.41) is 17.6. The second-order valence-electron chi connectivity index (χ2n) is 6.31. The Kier molecular flexibility index (Phi) is 6.60. The van der Waals surface area contributed by atoms with Gasteiger partial charge in [0.05, 0.1) is 0 Å². The monoisotopic (exact) mass is 355 g/mol. The number of aromatic hydroxyl groups is 1. The molecule has 2 rings (SSSR count). The number of hydrogen-bond donors (Lipinski definition) is 4. The fourth-order valence-corrected chi connectivity index (χ4v) is 2.54. The summed E-state index contributed by atoms with van der Waals surface area (Å²) in [6.07, 6.45) is 1.57. The zero-order valence-electron chi connectivity index (χ0n) is 15.3. The number of anilines is 1. The van der Waals surface area contributed by atoms with Gasteiger partial charge in [-0.15, -0.1) is 0 Å². The first kappa shape index (κ1) is 19.3. The normalized spacial score (nSPS) is 11.5. The van der Waals surface area contributed by atoms with E-state index < -0.39 is 0 Å². The standard InChI is InChI=1S/C20H25N3O3/c1-13-4-9-16(19(25)21-3)12-18(13)23-20(26)22-14(2)5-6-15-7-10-17(24)11-8-15/h4,7-12,14,24H,5-6H2,1-3H3,(H,21,25)(H2,22,23,26)/t14-/m1/s1. The van der Waals surface area contributed by atoms with Gasteiger partial charge in [0.25, 0.3) is 5.91 Å². The van der Waals surface area contributed by atoms with Crippen LogP contribution < -0.4 is 16.0 Å². The molecule has 1 atom stereocenters. The van der Waals surface area contributed by atoms with Crippen molar-refractivity contribution in [3.05, 3.63) is 59.2 Å². The molecule has 6 nitrogen and oxygen atoms in total. The van der Waals surface area contributed by atoms with Gasteiger partial charge in [-0.1, -0.05) is 18.2 Å². The van der Waals surface area contributed by atoms with Gasteiger partial charge in [-0.25, -0.2) is 4.79 Å². The van der Waals surface area contributed by atoms with Crippen LogP contribution in [0.15, 0.2) is 42.5 Å². The van der Waals surface area contributed by atoms with E-state index in [2.05, 4.69) is 16.0 Å². The molecule has 138 valence electrons. The molecule has 26 heavy (non-hydrogen) atoms. The van der Waals surface area contributed by atoms with E-state index in [1.54, 1.807) is 37.4 Å². The second-order valence-corrected chi connectivity index (χ2v) is 6.31. The largest absolute Gasteiger partial charge is 0.508 e. The molecule has 0 heterocycles. The van der Waals surface area contributed by atoms with Gasteiger partial charge in [0.1, 0.15) is 5.75 Å². The SMILES string of the molecule is CNC(=O)c1ccc(C)c(NC(=O)N[C@H](C)CCc2ccc(O)cc2)c1. The average Bonchev–Trinajstić information content (AvgIpc) is 2.62. The van der Waals surface area contributed by atoms with Crippen LogP contribution in [-0.4, -0.2) is 30.1 Å². The summed E-state index contributed by atoms with van der Waals surface area (Å²) in [6.45, 7) is 3.81. The number of carbonyl (C=O) groups excluding carboxylic acids is 2. The summed E-state index contributed by atoms with van der Waals surface area (Å²) < 4.78 is 0. The highest BCUT2D eigenvalue weighted by Crippen LogP contribution is 2.17. The molecule has 0 bridgehead atoms. The Balaban J connectivity index is 1.89. The van der Waals surface area contributed by atoms with Crippen LogP contribution in [0.3, 0.4) is 0 Å². The van der Waals surface area contributed by atoms with Crippen molar-refractivity contribution in [2.24, 2.45) is 0 Å². The molecule has 0 aliphatic rings. The van der Waals surface area contributed by atoms with Crippen LogP contribution in [0.4, 0.5) is 10.5 Å². The zero-order valence-corrected chi connectivity index (χ0v) is 15.3. The second kappa shape index (κ2) is 8.89. The molecule has 0 fully saturated rings. The predicted molar refractivity (Wildman–Crippen MR) is 103 cm³/mol. The van der Waals surface area contributed by atoms with Crippen LogP contribution in [0.5, 0.6) is 5.75 Å². The number of benzene rings is 2. The molecule has 0 radical (unpaired) electrons. The Morgan fingerprint density at radius 2 is 1.81 bits per heavy atom. The quantitative estimate of drug-likeness (QED) is 0.641. The number of urea groups is 1. The summed E-state index contributed by atoms with van der Waals surface area (Å²) >= 11 is 0. The van der Waals surface area contributed by atoms with E-state index in [1.807, 2.05) is 26.0 Å². The molecular formula is C20H25N3O3. The smallest absolute Gasteiger partial charge is 0.319 e. The molecule has 0 aliphatic heterocycles. The van der Waals surface area contributed by atoms with Crippen LogP contribution in [-0.2, 0) is 6.42 Å². The number of aryl methyl sites for hydroxylation is 2. The lowest BCUT2D eigenvalue weighted by Gasteiger charge is -2.16. The van der Waals surface area contributed by atoms with Crippen molar-refractivity contribution in [1.29, 1.82) is 0 Å². The first-order valence-electron chi connectivity index (χ1n) is 8.57. The van der Waals surface area contributed by atoms with E-state index >= 15 is 0 Å². The molecule has 2 aromatic rings. The molecular weight excluding hydrogens is 330 g/mol. The Bertz CT molecular complexity index is 772. The Hall–Kier alpha value is -3.02. The topological polar surface area (TPSA) is 90.5 Å². The summed E-state index contributed by atoms with van der Waals surface area (Å²) in [4.78, 5) is 24.0. The average molecular weight is 355 g/mol. The number of rotatable bonds is 6. The van der Waals surface area contributed by atoms with Crippen molar-refractivity contribution < 1.29 is 14.7 Å². The van der Waals surface area contributed by atoms with Crippen LogP contribution in [0.25, 0.3) is 0 Å². The van der Waals surface area contributed by atoms with Gasteiger partial charge in [-0.2, -0.15) is 0 Å². The van der Waals surface area contributed by atoms with Crippen molar-refractivity contribution in [3.63, 3.8) is 0 Å². The van der Waals surface area contributed by atoms with Gasteiger partial charge in [0.2, 0.25) is 0 Å². The Labute approximate surface area is 153 Å². The molecule has 0 unspecified atom stereocenters. The number of hydrogen-bond acceptors (Lipinski definition) is 3. The third kappa shape index (κ3) is 5.51. The maximum absolute atomic E-state index is 12.2. The molecule has 2 aromatic carbocycles. The van der Waals surface area contributed by atoms with Gasteiger partial charge in [-0.05, 0) is 62.1 Å². The summed E-state index contributed by atoms with van der Waals surface area (Å²) in [5.74, 6) is 0.0457. The highest BCUT2D eigenvalue weighted by molar-refractivity contribution is 5.97. The predicted octanol–water partition coefficient (Wildman–Crippen LogP) is 3.20. The van der Waals surface area contributed by atoms with Gasteiger partial charge in [-0.3, -0.25) is 4.79 Å². The first-order valence-corrected chi connectivity index (χ1v) is 8.57. The van der Waals surface area contributed by atoms with Crippen molar-refractivity contribution in [1.82, 2.24) is 10.6 Å². The third-order valence-electron chi connectivity index (χ3n) is 4.15. The van der Waals surface area contributed by atoms with E-state index in [-0.39, 0.29) is 23.7 Å². The number of amides is 3. The number of phenols is 1. The lowest BCUT2D eigenvalue weighted by molar-refractivity contribution is 0.0963. The van der Waals surface area contributed by atoms with Crippen LogP contribution >= 0.6 is 0 Å². The van der Waals surface area contributed by atoms with Crippen LogP contribution in [0.2, 0.25) is 0 Å². The molecule has 0 aromatic heterocycles. The van der Waals surface area contributed by atoms with E-state index in [1.165, 1.54) is 0 Å². The highest BCUT2D eigenvalue weighted by atomic mass is 16.3. The van der Waals surface area contributed by atoms with Gasteiger partial charge in [0, 0.05) is 24.3 Å². The number of nitrogens with one attached hydrogen (secondary N) is 3. The minimum atomic E-state index is -0.305. The van der Waals surface area contributed by atoms with Crippen molar-refractivity contribution >= 4 is 17.6 Å². The summed E-state index contributed by atoms with van der Waals surface area (Å²) in [6, 6.07) is 11.9. The number of phenolic OH excluding ortho intramolecular Hbond substituents is 1. The Morgan fingerprint density at radius 1 is 1.12 bits per heavy atom. The van der Waals surface area contributed by atoms with E-state index in [0.717, 1.165) is 24.0 Å². The van der Waals surface area contributed by atoms with E-state index in [9.17, 15) is 14.7 Å². The van der Waals surface area contributed by atoms with Crippen LogP contribution in [0.1, 0.15) is 34.8 Å². The Morgan fingerprint density at radius 3 is 2.46 bits per heavy atom. The lowest BCUT2D eigenvalue weighted by Crippen LogP contribution is -2.36. The summed E-state index contributed by atoms with van der Waals surface area (Å²) in [7, 11) is 1.57. The fraction of sp³-hybridized carbons (Fsp3) is 0.300. The zero-order chi connectivity index (χ0) is 19.1. The number of carbonyl (C=O) groups is 2. The molecule has 0 spiro atoms. The van der Waals surface area contributed by atoms with E-state index in [4.69, 9.17) is 0 Å². The molecule has 0 saturated carbocycles. The first-order chi connectivity index (χ1) is 12.4. The third-order valence-corrected chi connectivity index (χ3v) is 4.15. The molecule has 0 aliphatic carbocycles. The lowest BCUT2D eigenvalue weighted by atomic mass is 10.1. The molecule has 3 amide bonds. The fourth-order valence-electron chi connectivity index (χ4n) is 2.54. The van der Waals surface area contributed by atoms with Crippen molar-refractivity contribution in [3.8, 4) is 5.75 Å². The highest BCUT2D eigenvalue weighted by Gasteiger charge is 2.11. The minimum Gasteiger partial charge on any atom is -0.508 e. The maximum Gasteiger partial charge on any atom is 0.319 e. The van der Waals surface area contributed by atoms with Crippen molar-refractivity contribution in [2.75, 3.05) is 12.4 Å². The molecule has 6 heteroatoms. The van der Waals surface area contributed by atoms with E-state index in [0.29, 0.717) is 11.3 Å². The van der Waals surface area contributed by atoms with Crippen LogP contribution in [0, 0.1) is 6.92 Å².